The maximum Gasteiger partial charge on any atom is 0.231 e. The number of hydrogen-bond donors (Lipinski definition) is 1. The van der Waals surface area contributed by atoms with Gasteiger partial charge in [-0.05, 0) is 30.3 Å². The molecule has 106 valence electrons. The van der Waals surface area contributed by atoms with E-state index in [9.17, 15) is 0 Å². The van der Waals surface area contributed by atoms with E-state index < -0.39 is 0 Å². The fourth-order valence-electron chi connectivity index (χ4n) is 3.04. The molecule has 0 radical (unpaired) electrons. The lowest BCUT2D eigenvalue weighted by Crippen LogP contribution is -1.92. The van der Waals surface area contributed by atoms with Crippen molar-refractivity contribution in [3.8, 4) is 22.8 Å². The second-order valence-corrected chi connectivity index (χ2v) is 5.32. The molecule has 0 spiro atoms. The van der Waals surface area contributed by atoms with Crippen molar-refractivity contribution >= 4 is 21.8 Å². The Morgan fingerprint density at radius 1 is 0.909 bits per heavy atom. The first-order valence-electron chi connectivity index (χ1n) is 7.15. The lowest BCUT2D eigenvalue weighted by molar-refractivity contribution is 0.174. The molecular weight excluding hydrogens is 276 g/mol. The number of aromatic nitrogens is 2. The van der Waals surface area contributed by atoms with Gasteiger partial charge in [-0.1, -0.05) is 18.2 Å². The number of para-hydroxylation sites is 1. The van der Waals surface area contributed by atoms with Crippen molar-refractivity contribution in [1.29, 1.82) is 0 Å². The normalized spacial score (nSPS) is 13.1. The van der Waals surface area contributed by atoms with Gasteiger partial charge < -0.3 is 14.5 Å². The molecule has 3 heterocycles. The summed E-state index contributed by atoms with van der Waals surface area (Å²) in [6, 6.07) is 16.3. The molecule has 4 heteroatoms. The highest BCUT2D eigenvalue weighted by Crippen LogP contribution is 2.38. The fraction of sp³-hybridized carbons (Fsp3) is 0.0556. The van der Waals surface area contributed by atoms with Crippen LogP contribution in [0.4, 0.5) is 0 Å². The highest BCUT2D eigenvalue weighted by atomic mass is 16.7. The van der Waals surface area contributed by atoms with E-state index in [1.807, 2.05) is 36.5 Å². The van der Waals surface area contributed by atoms with Crippen LogP contribution in [-0.4, -0.2) is 16.8 Å². The van der Waals surface area contributed by atoms with Crippen LogP contribution in [0.5, 0.6) is 11.5 Å². The maximum absolute atomic E-state index is 5.47. The molecule has 4 aromatic rings. The molecule has 22 heavy (non-hydrogen) atoms. The molecule has 2 aromatic heterocycles. The van der Waals surface area contributed by atoms with Crippen molar-refractivity contribution in [2.45, 2.75) is 0 Å². The molecule has 0 fully saturated rings. The number of H-pyrrole nitrogens is 1. The molecule has 0 saturated carbocycles. The third-order valence-corrected chi connectivity index (χ3v) is 4.07. The second-order valence-electron chi connectivity index (χ2n) is 5.32. The molecular formula is C18H12N2O2. The van der Waals surface area contributed by atoms with Gasteiger partial charge in [-0.2, -0.15) is 0 Å². The summed E-state index contributed by atoms with van der Waals surface area (Å²) in [5.74, 6) is 1.56. The van der Waals surface area contributed by atoms with E-state index in [1.54, 1.807) is 0 Å². The summed E-state index contributed by atoms with van der Waals surface area (Å²) in [6.45, 7) is 0.281. The summed E-state index contributed by atoms with van der Waals surface area (Å²) >= 11 is 0. The van der Waals surface area contributed by atoms with Gasteiger partial charge in [-0.15, -0.1) is 0 Å². The summed E-state index contributed by atoms with van der Waals surface area (Å²) in [5.41, 5.74) is 4.10. The molecule has 0 amide bonds. The van der Waals surface area contributed by atoms with Gasteiger partial charge in [0.05, 0.1) is 11.2 Å². The van der Waals surface area contributed by atoms with Crippen molar-refractivity contribution in [3.05, 3.63) is 54.7 Å². The monoisotopic (exact) mass is 288 g/mol. The van der Waals surface area contributed by atoms with Gasteiger partial charge >= 0.3 is 0 Å². The van der Waals surface area contributed by atoms with Crippen LogP contribution in [0.15, 0.2) is 54.7 Å². The van der Waals surface area contributed by atoms with E-state index >= 15 is 0 Å². The number of aromatic amines is 1. The summed E-state index contributed by atoms with van der Waals surface area (Å²) < 4.78 is 10.8. The summed E-state index contributed by atoms with van der Waals surface area (Å²) in [5, 5.41) is 2.39. The first kappa shape index (κ1) is 11.6. The van der Waals surface area contributed by atoms with Crippen LogP contribution in [0.2, 0.25) is 0 Å². The lowest BCUT2D eigenvalue weighted by Gasteiger charge is -2.04. The third-order valence-electron chi connectivity index (χ3n) is 4.07. The van der Waals surface area contributed by atoms with E-state index in [-0.39, 0.29) is 6.79 Å². The topological polar surface area (TPSA) is 47.1 Å². The highest BCUT2D eigenvalue weighted by molar-refractivity contribution is 6.10. The zero-order valence-electron chi connectivity index (χ0n) is 11.7. The van der Waals surface area contributed by atoms with Crippen molar-refractivity contribution < 1.29 is 9.47 Å². The Labute approximate surface area is 126 Å². The zero-order valence-corrected chi connectivity index (χ0v) is 11.7. The minimum atomic E-state index is 0.281. The Kier molecular flexibility index (Phi) is 2.24. The first-order chi connectivity index (χ1) is 10.9. The summed E-state index contributed by atoms with van der Waals surface area (Å²) in [6.07, 6.45) is 1.85. The maximum atomic E-state index is 5.47. The van der Waals surface area contributed by atoms with E-state index in [2.05, 4.69) is 28.2 Å². The highest BCUT2D eigenvalue weighted by Gasteiger charge is 2.16. The fourth-order valence-corrected chi connectivity index (χ4v) is 3.04. The average molecular weight is 288 g/mol. The summed E-state index contributed by atoms with van der Waals surface area (Å²) in [7, 11) is 0. The van der Waals surface area contributed by atoms with Gasteiger partial charge in [0.15, 0.2) is 11.5 Å². The van der Waals surface area contributed by atoms with Crippen molar-refractivity contribution in [2.75, 3.05) is 6.79 Å². The number of nitrogens with zero attached hydrogens (tertiary/aromatic N) is 1. The van der Waals surface area contributed by atoms with Crippen LogP contribution in [0.25, 0.3) is 33.1 Å². The van der Waals surface area contributed by atoms with Crippen LogP contribution >= 0.6 is 0 Å². The van der Waals surface area contributed by atoms with Crippen LogP contribution in [-0.2, 0) is 0 Å². The van der Waals surface area contributed by atoms with Crippen molar-refractivity contribution in [3.63, 3.8) is 0 Å². The van der Waals surface area contributed by atoms with E-state index in [1.165, 1.54) is 10.8 Å². The molecule has 0 unspecified atom stereocenters. The predicted octanol–water partition coefficient (Wildman–Crippen LogP) is 4.11. The van der Waals surface area contributed by atoms with Crippen LogP contribution in [0, 0.1) is 0 Å². The molecule has 2 aromatic carbocycles. The van der Waals surface area contributed by atoms with Gasteiger partial charge in [0, 0.05) is 28.0 Å². The Hall–Kier alpha value is -3.01. The predicted molar refractivity (Wildman–Crippen MR) is 85.2 cm³/mol. The number of hydrogen-bond acceptors (Lipinski definition) is 3. The molecule has 0 aliphatic carbocycles. The van der Waals surface area contributed by atoms with Gasteiger partial charge in [-0.3, -0.25) is 4.98 Å². The molecule has 4 nitrogen and oxygen atoms in total. The van der Waals surface area contributed by atoms with Gasteiger partial charge in [0.1, 0.15) is 0 Å². The van der Waals surface area contributed by atoms with Gasteiger partial charge in [0.2, 0.25) is 6.79 Å². The molecule has 5 rings (SSSR count). The Bertz CT molecular complexity index is 1020. The number of benzene rings is 2. The average Bonchev–Trinajstić information content (AvgIpc) is 3.18. The molecule has 1 aliphatic heterocycles. The summed E-state index contributed by atoms with van der Waals surface area (Å²) in [4.78, 5) is 8.05. The number of nitrogens with one attached hydrogen (secondary N) is 1. The van der Waals surface area contributed by atoms with Gasteiger partial charge in [-0.25, -0.2) is 0 Å². The lowest BCUT2D eigenvalue weighted by atomic mass is 10.1. The van der Waals surface area contributed by atoms with E-state index in [4.69, 9.17) is 9.47 Å². The number of rotatable bonds is 1. The molecule has 0 saturated heterocycles. The zero-order chi connectivity index (χ0) is 14.5. The smallest absolute Gasteiger partial charge is 0.231 e. The largest absolute Gasteiger partial charge is 0.454 e. The third kappa shape index (κ3) is 1.55. The molecule has 0 atom stereocenters. The van der Waals surface area contributed by atoms with Crippen LogP contribution in [0.1, 0.15) is 0 Å². The molecule has 0 bridgehead atoms. The Balaban J connectivity index is 1.81. The quantitative estimate of drug-likeness (QED) is 0.573. The SMILES string of the molecule is c1ccc2c(c1)[nH]c1c(-c3ccc4c(c3)OCO4)nccc12. The molecule has 1 aliphatic rings. The number of fused-ring (bicyclic) bond motifs is 4. The van der Waals surface area contributed by atoms with Crippen molar-refractivity contribution in [2.24, 2.45) is 0 Å². The molecule has 1 N–H and O–H groups in total. The van der Waals surface area contributed by atoms with Crippen LogP contribution in [0.3, 0.4) is 0 Å². The van der Waals surface area contributed by atoms with Crippen LogP contribution < -0.4 is 9.47 Å². The van der Waals surface area contributed by atoms with E-state index in [0.29, 0.717) is 0 Å². The Morgan fingerprint density at radius 2 is 1.82 bits per heavy atom. The van der Waals surface area contributed by atoms with Gasteiger partial charge in [0.25, 0.3) is 0 Å². The standard InChI is InChI=1S/C18H12N2O2/c1-2-4-14-12(3-1)13-7-8-19-17(18(13)20-14)11-5-6-15-16(9-11)22-10-21-15/h1-9,20H,10H2. The minimum Gasteiger partial charge on any atom is -0.454 e. The van der Waals surface area contributed by atoms with E-state index in [0.717, 1.165) is 33.8 Å². The number of ether oxygens (including phenoxy) is 2. The number of pyridine rings is 1. The van der Waals surface area contributed by atoms with Crippen molar-refractivity contribution in [1.82, 2.24) is 9.97 Å². The first-order valence-corrected chi connectivity index (χ1v) is 7.15. The second kappa shape index (κ2) is 4.24. The minimum absolute atomic E-state index is 0.281. The Morgan fingerprint density at radius 3 is 2.82 bits per heavy atom.